The second-order valence-electron chi connectivity index (χ2n) is 4.62. The Hall–Kier alpha value is -1.60. The van der Waals surface area contributed by atoms with Gasteiger partial charge in [-0.1, -0.05) is 12.1 Å². The van der Waals surface area contributed by atoms with Crippen LogP contribution >= 0.6 is 0 Å². The average molecular weight is 305 g/mol. The first-order chi connectivity index (χ1) is 9.82. The molecule has 1 amide bonds. The molecule has 0 aromatic heterocycles. The molecular formula is C14H18F3NO3. The zero-order chi connectivity index (χ0) is 15.9. The highest BCUT2D eigenvalue weighted by Crippen LogP contribution is 2.29. The van der Waals surface area contributed by atoms with Crippen LogP contribution in [-0.2, 0) is 22.1 Å². The number of carbonyl (C=O) groups excluding carboxylic acids is 1. The molecule has 0 spiro atoms. The average Bonchev–Trinajstić information content (AvgIpc) is 2.38. The number of hydrogen-bond donors (Lipinski definition) is 2. The zero-order valence-electron chi connectivity index (χ0n) is 11.6. The number of amides is 1. The summed E-state index contributed by atoms with van der Waals surface area (Å²) < 4.78 is 41.9. The number of carbonyl (C=O) groups is 1. The third kappa shape index (κ3) is 6.59. The third-order valence-corrected chi connectivity index (χ3v) is 2.80. The van der Waals surface area contributed by atoms with Crippen LogP contribution in [0.2, 0.25) is 0 Å². The molecule has 118 valence electrons. The molecule has 0 aliphatic heterocycles. The Morgan fingerprint density at radius 1 is 1.33 bits per heavy atom. The fraction of sp³-hybridized carbons (Fsp3) is 0.500. The second kappa shape index (κ2) is 7.99. The van der Waals surface area contributed by atoms with Gasteiger partial charge in [-0.25, -0.2) is 0 Å². The van der Waals surface area contributed by atoms with E-state index in [0.717, 1.165) is 12.1 Å². The molecule has 1 aromatic carbocycles. The lowest BCUT2D eigenvalue weighted by Gasteiger charge is -2.10. The van der Waals surface area contributed by atoms with Gasteiger partial charge >= 0.3 is 6.18 Å². The molecule has 4 nitrogen and oxygen atoms in total. The summed E-state index contributed by atoms with van der Waals surface area (Å²) in [6, 6.07) is 4.46. The minimum absolute atomic E-state index is 0.00148. The molecule has 7 heteroatoms. The number of nitrogens with one attached hydrogen (secondary N) is 1. The summed E-state index contributed by atoms with van der Waals surface area (Å²) in [5, 5.41) is 12.0. The molecule has 0 aliphatic rings. The van der Waals surface area contributed by atoms with Crippen molar-refractivity contribution in [2.75, 3.05) is 20.3 Å². The highest BCUT2D eigenvalue weighted by atomic mass is 19.4. The lowest BCUT2D eigenvalue weighted by Crippen LogP contribution is -2.29. The summed E-state index contributed by atoms with van der Waals surface area (Å²) in [5.74, 6) is -0.306. The number of benzene rings is 1. The fourth-order valence-electron chi connectivity index (χ4n) is 1.71. The van der Waals surface area contributed by atoms with Crippen LogP contribution in [0.15, 0.2) is 24.3 Å². The van der Waals surface area contributed by atoms with E-state index in [2.05, 4.69) is 5.32 Å². The van der Waals surface area contributed by atoms with E-state index >= 15 is 0 Å². The molecule has 0 aliphatic carbocycles. The SMILES string of the molecule is COCC(O)CCNC(=O)Cc1ccc(C(F)(F)F)cc1. The molecular weight excluding hydrogens is 287 g/mol. The summed E-state index contributed by atoms with van der Waals surface area (Å²) in [4.78, 5) is 11.6. The zero-order valence-corrected chi connectivity index (χ0v) is 11.6. The number of aliphatic hydroxyl groups excluding tert-OH is 1. The number of halogens is 3. The van der Waals surface area contributed by atoms with Gasteiger partial charge in [-0.05, 0) is 24.1 Å². The van der Waals surface area contributed by atoms with E-state index in [-0.39, 0.29) is 25.5 Å². The molecule has 0 heterocycles. The van der Waals surface area contributed by atoms with Crippen LogP contribution in [0.25, 0.3) is 0 Å². The third-order valence-electron chi connectivity index (χ3n) is 2.80. The van der Waals surface area contributed by atoms with Crippen molar-refractivity contribution in [1.29, 1.82) is 0 Å². The summed E-state index contributed by atoms with van der Waals surface area (Å²) in [5.41, 5.74) is -0.243. The Kier molecular flexibility index (Phi) is 6.64. The van der Waals surface area contributed by atoms with Crippen molar-refractivity contribution in [3.05, 3.63) is 35.4 Å². The van der Waals surface area contributed by atoms with Crippen molar-refractivity contribution in [1.82, 2.24) is 5.32 Å². The Morgan fingerprint density at radius 2 is 1.95 bits per heavy atom. The van der Waals surface area contributed by atoms with Gasteiger partial charge in [0.25, 0.3) is 0 Å². The Bertz CT molecular complexity index is 446. The van der Waals surface area contributed by atoms with E-state index in [0.29, 0.717) is 12.0 Å². The first-order valence-electron chi connectivity index (χ1n) is 6.42. The van der Waals surface area contributed by atoms with Gasteiger partial charge in [0, 0.05) is 13.7 Å². The van der Waals surface area contributed by atoms with E-state index in [1.54, 1.807) is 0 Å². The van der Waals surface area contributed by atoms with E-state index in [1.807, 2.05) is 0 Å². The maximum atomic E-state index is 12.4. The Balaban J connectivity index is 2.38. The minimum Gasteiger partial charge on any atom is -0.391 e. The normalized spacial score (nSPS) is 13.0. The van der Waals surface area contributed by atoms with Crippen molar-refractivity contribution >= 4 is 5.91 Å². The van der Waals surface area contributed by atoms with Crippen molar-refractivity contribution in [2.24, 2.45) is 0 Å². The molecule has 21 heavy (non-hydrogen) atoms. The number of rotatable bonds is 7. The monoisotopic (exact) mass is 305 g/mol. The molecule has 0 saturated heterocycles. The van der Waals surface area contributed by atoms with Crippen LogP contribution < -0.4 is 5.32 Å². The van der Waals surface area contributed by atoms with Gasteiger partial charge in [-0.15, -0.1) is 0 Å². The van der Waals surface area contributed by atoms with E-state index in [4.69, 9.17) is 4.74 Å². The number of ether oxygens (including phenoxy) is 1. The largest absolute Gasteiger partial charge is 0.416 e. The van der Waals surface area contributed by atoms with Crippen LogP contribution in [0.1, 0.15) is 17.5 Å². The molecule has 0 fully saturated rings. The van der Waals surface area contributed by atoms with Crippen LogP contribution in [0.3, 0.4) is 0 Å². The van der Waals surface area contributed by atoms with Crippen molar-refractivity contribution in [3.8, 4) is 0 Å². The quantitative estimate of drug-likeness (QED) is 0.807. The molecule has 0 bridgehead atoms. The molecule has 1 atom stereocenters. The van der Waals surface area contributed by atoms with E-state index < -0.39 is 17.8 Å². The standard InChI is InChI=1S/C14H18F3NO3/c1-21-9-12(19)6-7-18-13(20)8-10-2-4-11(5-3-10)14(15,16)17/h2-5,12,19H,6-9H2,1H3,(H,18,20). The number of alkyl halides is 3. The number of hydrogen-bond acceptors (Lipinski definition) is 3. The van der Waals surface area contributed by atoms with E-state index in [9.17, 15) is 23.1 Å². The minimum atomic E-state index is -4.38. The lowest BCUT2D eigenvalue weighted by molar-refractivity contribution is -0.137. The predicted octanol–water partition coefficient (Wildman–Crippen LogP) is 1.76. The van der Waals surface area contributed by atoms with Crippen molar-refractivity contribution in [2.45, 2.75) is 25.1 Å². The van der Waals surface area contributed by atoms with Crippen LogP contribution in [0.4, 0.5) is 13.2 Å². The topological polar surface area (TPSA) is 58.6 Å². The van der Waals surface area contributed by atoms with Crippen LogP contribution in [-0.4, -0.2) is 37.4 Å². The summed E-state index contributed by atoms with van der Waals surface area (Å²) in [6.45, 7) is 0.471. The molecule has 1 rings (SSSR count). The highest BCUT2D eigenvalue weighted by molar-refractivity contribution is 5.78. The van der Waals surface area contributed by atoms with Gasteiger partial charge in [0.1, 0.15) is 0 Å². The van der Waals surface area contributed by atoms with Crippen LogP contribution in [0, 0.1) is 0 Å². The second-order valence-corrected chi connectivity index (χ2v) is 4.62. The summed E-state index contributed by atoms with van der Waals surface area (Å²) >= 11 is 0. The van der Waals surface area contributed by atoms with E-state index in [1.165, 1.54) is 19.2 Å². The highest BCUT2D eigenvalue weighted by Gasteiger charge is 2.29. The van der Waals surface area contributed by atoms with Gasteiger partial charge < -0.3 is 15.2 Å². The summed E-state index contributed by atoms with van der Waals surface area (Å²) in [7, 11) is 1.46. The lowest BCUT2D eigenvalue weighted by atomic mass is 10.1. The number of aliphatic hydroxyl groups is 1. The maximum Gasteiger partial charge on any atom is 0.416 e. The van der Waals surface area contributed by atoms with Gasteiger partial charge in [-0.3, -0.25) is 4.79 Å². The van der Waals surface area contributed by atoms with Gasteiger partial charge in [0.15, 0.2) is 0 Å². The van der Waals surface area contributed by atoms with Crippen molar-refractivity contribution in [3.63, 3.8) is 0 Å². The van der Waals surface area contributed by atoms with Gasteiger partial charge in [-0.2, -0.15) is 13.2 Å². The first kappa shape index (κ1) is 17.5. The Morgan fingerprint density at radius 3 is 2.48 bits per heavy atom. The fourth-order valence-corrected chi connectivity index (χ4v) is 1.71. The smallest absolute Gasteiger partial charge is 0.391 e. The molecule has 1 aromatic rings. The van der Waals surface area contributed by atoms with Gasteiger partial charge in [0.05, 0.1) is 24.7 Å². The number of methoxy groups -OCH3 is 1. The van der Waals surface area contributed by atoms with Crippen LogP contribution in [0.5, 0.6) is 0 Å². The molecule has 1 unspecified atom stereocenters. The van der Waals surface area contributed by atoms with Gasteiger partial charge in [0.2, 0.25) is 5.91 Å². The maximum absolute atomic E-state index is 12.4. The molecule has 2 N–H and O–H groups in total. The molecule has 0 radical (unpaired) electrons. The first-order valence-corrected chi connectivity index (χ1v) is 6.42. The molecule has 0 saturated carbocycles. The predicted molar refractivity (Wildman–Crippen MR) is 70.7 cm³/mol. The van der Waals surface area contributed by atoms with Crippen molar-refractivity contribution < 1.29 is 27.8 Å². The Labute approximate surface area is 120 Å². The summed E-state index contributed by atoms with van der Waals surface area (Å²) in [6.07, 6.45) is -4.68.